The van der Waals surface area contributed by atoms with Gasteiger partial charge < -0.3 is 24.2 Å². The van der Waals surface area contributed by atoms with Crippen LogP contribution < -0.4 is 19.1 Å². The minimum Gasteiger partial charge on any atom is -0.491 e. The number of fused-ring (bicyclic) bond motifs is 1. The van der Waals surface area contributed by atoms with Gasteiger partial charge in [0.15, 0.2) is 11.5 Å². The number of aliphatic hydroxyl groups is 1. The average Bonchev–Trinajstić information content (AvgIpc) is 2.92. The van der Waals surface area contributed by atoms with Gasteiger partial charge >= 0.3 is 0 Å². The van der Waals surface area contributed by atoms with E-state index in [2.05, 4.69) is 6.92 Å². The molecule has 2 N–H and O–H groups in total. The third kappa shape index (κ3) is 3.80. The molecule has 2 aliphatic heterocycles. The molecule has 3 rings (SSSR count). The van der Waals surface area contributed by atoms with Crippen LogP contribution in [0.4, 0.5) is 0 Å². The second kappa shape index (κ2) is 6.54. The van der Waals surface area contributed by atoms with Gasteiger partial charge in [-0.2, -0.15) is 0 Å². The summed E-state index contributed by atoms with van der Waals surface area (Å²) in [6.07, 6.45) is 2.13. The van der Waals surface area contributed by atoms with E-state index in [9.17, 15) is 5.11 Å². The predicted octanol–water partition coefficient (Wildman–Crippen LogP) is 0.470. The van der Waals surface area contributed by atoms with E-state index >= 15 is 0 Å². The molecule has 0 radical (unpaired) electrons. The quantitative estimate of drug-likeness (QED) is 0.829. The molecule has 1 aromatic carbocycles. The molecular formula is C16H24NO4+. The molecular weight excluding hydrogens is 270 g/mol. The summed E-state index contributed by atoms with van der Waals surface area (Å²) in [6, 6.07) is 5.49. The first-order valence-corrected chi connectivity index (χ1v) is 7.75. The maximum absolute atomic E-state index is 10.1. The van der Waals surface area contributed by atoms with Crippen molar-refractivity contribution in [3.05, 3.63) is 18.2 Å². The Morgan fingerprint density at radius 3 is 3.10 bits per heavy atom. The first kappa shape index (κ1) is 14.5. The summed E-state index contributed by atoms with van der Waals surface area (Å²) in [5, 5.41) is 10.1. The van der Waals surface area contributed by atoms with E-state index in [0.29, 0.717) is 18.1 Å². The number of hydrogen-bond donors (Lipinski definition) is 2. The van der Waals surface area contributed by atoms with Crippen molar-refractivity contribution in [2.45, 2.75) is 25.9 Å². The molecule has 0 aliphatic carbocycles. The number of benzene rings is 1. The van der Waals surface area contributed by atoms with Crippen molar-refractivity contribution in [1.29, 1.82) is 0 Å². The van der Waals surface area contributed by atoms with Crippen molar-refractivity contribution >= 4 is 0 Å². The Hall–Kier alpha value is -1.46. The summed E-state index contributed by atoms with van der Waals surface area (Å²) >= 11 is 0. The van der Waals surface area contributed by atoms with Crippen LogP contribution in [0.5, 0.6) is 17.2 Å². The Labute approximate surface area is 125 Å². The largest absolute Gasteiger partial charge is 0.491 e. The molecule has 1 saturated heterocycles. The van der Waals surface area contributed by atoms with Crippen LogP contribution in [0, 0.1) is 5.92 Å². The molecule has 1 aromatic rings. The zero-order valence-electron chi connectivity index (χ0n) is 12.5. The number of piperidine rings is 1. The van der Waals surface area contributed by atoms with E-state index in [1.54, 1.807) is 0 Å². The van der Waals surface area contributed by atoms with E-state index < -0.39 is 6.10 Å². The lowest BCUT2D eigenvalue weighted by atomic mass is 10.0. The van der Waals surface area contributed by atoms with Gasteiger partial charge in [0.25, 0.3) is 0 Å². The predicted molar refractivity (Wildman–Crippen MR) is 78.0 cm³/mol. The first-order chi connectivity index (χ1) is 10.2. The van der Waals surface area contributed by atoms with Gasteiger partial charge in [-0.25, -0.2) is 0 Å². The Bertz CT molecular complexity index is 479. The molecule has 0 bridgehead atoms. The van der Waals surface area contributed by atoms with E-state index in [4.69, 9.17) is 14.2 Å². The summed E-state index contributed by atoms with van der Waals surface area (Å²) in [5.41, 5.74) is 0. The van der Waals surface area contributed by atoms with Gasteiger partial charge in [0.2, 0.25) is 6.79 Å². The molecule has 0 saturated carbocycles. The Balaban J connectivity index is 1.46. The van der Waals surface area contributed by atoms with E-state index in [0.717, 1.165) is 31.3 Å². The van der Waals surface area contributed by atoms with Gasteiger partial charge in [0, 0.05) is 12.0 Å². The fraction of sp³-hybridized carbons (Fsp3) is 0.625. The van der Waals surface area contributed by atoms with E-state index in [1.807, 2.05) is 18.2 Å². The number of nitrogens with one attached hydrogen (secondary N) is 1. The molecule has 0 amide bonds. The monoisotopic (exact) mass is 294 g/mol. The van der Waals surface area contributed by atoms with Crippen LogP contribution in [0.3, 0.4) is 0 Å². The van der Waals surface area contributed by atoms with Crippen molar-refractivity contribution in [3.8, 4) is 17.2 Å². The molecule has 0 spiro atoms. The van der Waals surface area contributed by atoms with Gasteiger partial charge in [-0.05, 0) is 25.0 Å². The second-order valence-electron chi connectivity index (χ2n) is 6.14. The maximum Gasteiger partial charge on any atom is 0.231 e. The van der Waals surface area contributed by atoms with Crippen LogP contribution in [-0.2, 0) is 0 Å². The van der Waals surface area contributed by atoms with Crippen molar-refractivity contribution in [1.82, 2.24) is 0 Å². The van der Waals surface area contributed by atoms with Crippen LogP contribution in [0.2, 0.25) is 0 Å². The summed E-state index contributed by atoms with van der Waals surface area (Å²) in [5.74, 6) is 2.92. The number of aliphatic hydroxyl groups excluding tert-OH is 1. The maximum atomic E-state index is 10.1. The minimum absolute atomic E-state index is 0.262. The highest BCUT2D eigenvalue weighted by Gasteiger charge is 2.22. The van der Waals surface area contributed by atoms with Crippen LogP contribution in [0.15, 0.2) is 18.2 Å². The van der Waals surface area contributed by atoms with Gasteiger partial charge in [0.05, 0.1) is 13.1 Å². The Morgan fingerprint density at radius 2 is 2.24 bits per heavy atom. The highest BCUT2D eigenvalue weighted by molar-refractivity contribution is 5.46. The van der Waals surface area contributed by atoms with Crippen LogP contribution in [-0.4, -0.2) is 44.2 Å². The van der Waals surface area contributed by atoms with Crippen LogP contribution in [0.1, 0.15) is 19.8 Å². The van der Waals surface area contributed by atoms with Gasteiger partial charge in [-0.15, -0.1) is 0 Å². The molecule has 5 nitrogen and oxygen atoms in total. The zero-order valence-corrected chi connectivity index (χ0v) is 12.5. The highest BCUT2D eigenvalue weighted by atomic mass is 16.7. The normalized spacial score (nSPS) is 25.6. The van der Waals surface area contributed by atoms with Crippen molar-refractivity contribution < 1.29 is 24.2 Å². The smallest absolute Gasteiger partial charge is 0.231 e. The standard InChI is InChI=1S/C16H23NO4/c1-12-3-2-6-17(8-12)9-13(18)10-19-14-4-5-15-16(7-14)21-11-20-15/h4-5,7,12-13,18H,2-3,6,8-11H2,1H3/p+1/t12-,13+/m1/s1. The molecule has 21 heavy (non-hydrogen) atoms. The lowest BCUT2D eigenvalue weighted by molar-refractivity contribution is -0.911. The molecule has 0 aromatic heterocycles. The van der Waals surface area contributed by atoms with Gasteiger partial charge in [-0.1, -0.05) is 6.92 Å². The van der Waals surface area contributed by atoms with E-state index in [1.165, 1.54) is 17.7 Å². The van der Waals surface area contributed by atoms with Crippen molar-refractivity contribution in [3.63, 3.8) is 0 Å². The van der Waals surface area contributed by atoms with Crippen molar-refractivity contribution in [2.24, 2.45) is 5.92 Å². The highest BCUT2D eigenvalue weighted by Crippen LogP contribution is 2.35. The fourth-order valence-corrected chi connectivity index (χ4v) is 3.13. The number of rotatable bonds is 5. The SMILES string of the molecule is C[C@@H]1CCC[NH+](C[C@H](O)COc2ccc3c(c2)OCO3)C1. The van der Waals surface area contributed by atoms with Gasteiger partial charge in [-0.3, -0.25) is 0 Å². The molecule has 5 heteroatoms. The Kier molecular flexibility index (Phi) is 4.51. The molecule has 1 unspecified atom stereocenters. The Morgan fingerprint density at radius 1 is 1.38 bits per heavy atom. The summed E-state index contributed by atoms with van der Waals surface area (Å²) in [7, 11) is 0. The van der Waals surface area contributed by atoms with Crippen molar-refractivity contribution in [2.75, 3.05) is 33.0 Å². The fourth-order valence-electron chi connectivity index (χ4n) is 3.13. The third-order valence-corrected chi connectivity index (χ3v) is 4.18. The molecule has 1 fully saturated rings. The van der Waals surface area contributed by atoms with E-state index in [-0.39, 0.29) is 6.79 Å². The number of hydrogen-bond acceptors (Lipinski definition) is 4. The lowest BCUT2D eigenvalue weighted by Gasteiger charge is -2.29. The van der Waals surface area contributed by atoms with Crippen LogP contribution in [0.25, 0.3) is 0 Å². The molecule has 2 aliphatic rings. The molecule has 3 atom stereocenters. The topological polar surface area (TPSA) is 52.4 Å². The van der Waals surface area contributed by atoms with Gasteiger partial charge in [0.1, 0.15) is 25.0 Å². The molecule has 116 valence electrons. The minimum atomic E-state index is -0.435. The third-order valence-electron chi connectivity index (χ3n) is 4.18. The summed E-state index contributed by atoms with van der Waals surface area (Å²) < 4.78 is 16.2. The average molecular weight is 294 g/mol. The summed E-state index contributed by atoms with van der Waals surface area (Å²) in [6.45, 7) is 5.94. The number of likely N-dealkylation sites (tertiary alicyclic amines) is 1. The summed E-state index contributed by atoms with van der Waals surface area (Å²) in [4.78, 5) is 1.48. The second-order valence-corrected chi connectivity index (χ2v) is 6.14. The number of ether oxygens (including phenoxy) is 3. The van der Waals surface area contributed by atoms with Crippen LogP contribution >= 0.6 is 0 Å². The zero-order chi connectivity index (χ0) is 14.7. The number of quaternary nitrogens is 1. The first-order valence-electron chi connectivity index (χ1n) is 7.75. The molecule has 2 heterocycles. The lowest BCUT2D eigenvalue weighted by Crippen LogP contribution is -3.14.